The van der Waals surface area contributed by atoms with Gasteiger partial charge in [0.15, 0.2) is 0 Å². The van der Waals surface area contributed by atoms with Gasteiger partial charge in [0, 0.05) is 15.6 Å². The van der Waals surface area contributed by atoms with Gasteiger partial charge in [0.05, 0.1) is 10.9 Å². The van der Waals surface area contributed by atoms with E-state index in [9.17, 15) is 4.79 Å². The van der Waals surface area contributed by atoms with Crippen LogP contribution in [0.25, 0.3) is 0 Å². The molecule has 0 bridgehead atoms. The van der Waals surface area contributed by atoms with Crippen molar-refractivity contribution in [1.29, 1.82) is 0 Å². The molecule has 0 aliphatic carbocycles. The average Bonchev–Trinajstić information content (AvgIpc) is 2.70. The van der Waals surface area contributed by atoms with E-state index in [0.29, 0.717) is 15.6 Å². The van der Waals surface area contributed by atoms with Crippen molar-refractivity contribution in [1.82, 2.24) is 5.32 Å². The Morgan fingerprint density at radius 3 is 2.68 bits per heavy atom. The van der Waals surface area contributed by atoms with Crippen LogP contribution in [-0.2, 0) is 0 Å². The second kappa shape index (κ2) is 5.63. The number of nitrogen functional groups attached to an aromatic ring is 1. The maximum atomic E-state index is 12.1. The second-order valence-electron chi connectivity index (χ2n) is 4.34. The van der Waals surface area contributed by atoms with Gasteiger partial charge in [-0.1, -0.05) is 29.8 Å². The first-order valence-corrected chi connectivity index (χ1v) is 7.09. The van der Waals surface area contributed by atoms with E-state index in [4.69, 9.17) is 17.3 Å². The van der Waals surface area contributed by atoms with Gasteiger partial charge in [-0.05, 0) is 31.5 Å². The monoisotopic (exact) mass is 294 g/mol. The van der Waals surface area contributed by atoms with Crippen molar-refractivity contribution < 1.29 is 4.79 Å². The molecule has 1 atom stereocenters. The summed E-state index contributed by atoms with van der Waals surface area (Å²) >= 11 is 7.50. The third-order valence-corrected chi connectivity index (χ3v) is 4.31. The Bertz CT molecular complexity index is 590. The Morgan fingerprint density at radius 2 is 2.11 bits per heavy atom. The molecule has 0 saturated carbocycles. The number of amides is 1. The smallest absolute Gasteiger partial charge is 0.261 e. The first kappa shape index (κ1) is 13.9. The summed E-state index contributed by atoms with van der Waals surface area (Å²) in [6, 6.07) is 9.04. The van der Waals surface area contributed by atoms with Crippen LogP contribution in [0.1, 0.15) is 33.1 Å². The van der Waals surface area contributed by atoms with Crippen LogP contribution in [0.15, 0.2) is 30.3 Å². The lowest BCUT2D eigenvalue weighted by Crippen LogP contribution is -2.26. The summed E-state index contributed by atoms with van der Waals surface area (Å²) in [5.74, 6) is -0.128. The van der Waals surface area contributed by atoms with Gasteiger partial charge in [-0.3, -0.25) is 4.79 Å². The summed E-state index contributed by atoms with van der Waals surface area (Å²) in [6.07, 6.45) is 0. The molecule has 5 heteroatoms. The molecule has 1 aromatic heterocycles. The third kappa shape index (κ3) is 3.08. The molecule has 0 aliphatic rings. The highest BCUT2D eigenvalue weighted by atomic mass is 35.5. The Hall–Kier alpha value is -1.52. The SMILES string of the molecule is Cc1sc(C(=O)NC(C)c2ccccc2Cl)cc1N. The average molecular weight is 295 g/mol. The molecule has 1 unspecified atom stereocenters. The third-order valence-electron chi connectivity index (χ3n) is 2.90. The van der Waals surface area contributed by atoms with Crippen molar-refractivity contribution in [3.05, 3.63) is 50.7 Å². The van der Waals surface area contributed by atoms with Crippen molar-refractivity contribution in [3.63, 3.8) is 0 Å². The number of carbonyl (C=O) groups is 1. The molecule has 19 heavy (non-hydrogen) atoms. The summed E-state index contributed by atoms with van der Waals surface area (Å²) in [4.78, 5) is 13.7. The van der Waals surface area contributed by atoms with Crippen LogP contribution in [0.2, 0.25) is 5.02 Å². The molecule has 1 aromatic carbocycles. The fourth-order valence-corrected chi connectivity index (χ4v) is 2.92. The highest BCUT2D eigenvalue weighted by Crippen LogP contribution is 2.25. The van der Waals surface area contributed by atoms with Crippen molar-refractivity contribution in [2.75, 3.05) is 5.73 Å². The van der Waals surface area contributed by atoms with E-state index in [1.165, 1.54) is 11.3 Å². The quantitative estimate of drug-likeness (QED) is 0.905. The van der Waals surface area contributed by atoms with E-state index >= 15 is 0 Å². The zero-order chi connectivity index (χ0) is 14.0. The van der Waals surface area contributed by atoms with E-state index in [1.54, 1.807) is 6.07 Å². The molecule has 0 radical (unpaired) electrons. The number of aryl methyl sites for hydroxylation is 1. The van der Waals surface area contributed by atoms with Gasteiger partial charge in [-0.25, -0.2) is 0 Å². The van der Waals surface area contributed by atoms with Crippen molar-refractivity contribution in [2.24, 2.45) is 0 Å². The van der Waals surface area contributed by atoms with Crippen LogP contribution < -0.4 is 11.1 Å². The standard InChI is InChI=1S/C14H15ClN2OS/c1-8(10-5-3-4-6-11(10)15)17-14(18)13-7-12(16)9(2)19-13/h3-8H,16H2,1-2H3,(H,17,18). The first-order chi connectivity index (χ1) is 8.99. The van der Waals surface area contributed by atoms with Crippen LogP contribution >= 0.6 is 22.9 Å². The van der Waals surface area contributed by atoms with Crippen LogP contribution in [0, 0.1) is 6.92 Å². The molecule has 2 aromatic rings. The zero-order valence-corrected chi connectivity index (χ0v) is 12.3. The summed E-state index contributed by atoms with van der Waals surface area (Å²) < 4.78 is 0. The number of nitrogens with two attached hydrogens (primary N) is 1. The Kier molecular flexibility index (Phi) is 4.12. The van der Waals surface area contributed by atoms with Gasteiger partial charge >= 0.3 is 0 Å². The molecule has 100 valence electrons. The molecule has 1 heterocycles. The van der Waals surface area contributed by atoms with Crippen LogP contribution in [0.5, 0.6) is 0 Å². The van der Waals surface area contributed by atoms with Gasteiger partial charge in [0.2, 0.25) is 0 Å². The predicted octanol–water partition coefficient (Wildman–Crippen LogP) is 3.78. The second-order valence-corrected chi connectivity index (χ2v) is 6.00. The van der Waals surface area contributed by atoms with Gasteiger partial charge in [0.1, 0.15) is 0 Å². The van der Waals surface area contributed by atoms with E-state index in [0.717, 1.165) is 10.4 Å². The lowest BCUT2D eigenvalue weighted by molar-refractivity contribution is 0.0944. The summed E-state index contributed by atoms with van der Waals surface area (Å²) in [7, 11) is 0. The molecular weight excluding hydrogens is 280 g/mol. The summed E-state index contributed by atoms with van der Waals surface area (Å²) in [6.45, 7) is 3.80. The molecule has 1 amide bonds. The fraction of sp³-hybridized carbons (Fsp3) is 0.214. The zero-order valence-electron chi connectivity index (χ0n) is 10.7. The number of nitrogens with one attached hydrogen (secondary N) is 1. The molecule has 0 aliphatic heterocycles. The number of anilines is 1. The molecule has 3 nitrogen and oxygen atoms in total. The number of hydrogen-bond acceptors (Lipinski definition) is 3. The minimum atomic E-state index is -0.148. The molecule has 2 rings (SSSR count). The van der Waals surface area contributed by atoms with Crippen molar-refractivity contribution in [3.8, 4) is 0 Å². The van der Waals surface area contributed by atoms with Crippen LogP contribution in [0.3, 0.4) is 0 Å². The molecule has 0 fully saturated rings. The number of halogens is 1. The normalized spacial score (nSPS) is 12.2. The van der Waals surface area contributed by atoms with E-state index in [1.807, 2.05) is 38.1 Å². The predicted molar refractivity (Wildman–Crippen MR) is 80.8 cm³/mol. The van der Waals surface area contributed by atoms with Gasteiger partial charge in [-0.2, -0.15) is 0 Å². The molecule has 3 N–H and O–H groups in total. The minimum absolute atomic E-state index is 0.128. The topological polar surface area (TPSA) is 55.1 Å². The Balaban J connectivity index is 2.13. The molecule has 0 spiro atoms. The van der Waals surface area contributed by atoms with Crippen LogP contribution in [0.4, 0.5) is 5.69 Å². The largest absolute Gasteiger partial charge is 0.398 e. The molecular formula is C14H15ClN2OS. The van der Waals surface area contributed by atoms with Gasteiger partial charge in [-0.15, -0.1) is 11.3 Å². The number of hydrogen-bond donors (Lipinski definition) is 2. The lowest BCUT2D eigenvalue weighted by atomic mass is 10.1. The minimum Gasteiger partial charge on any atom is -0.398 e. The van der Waals surface area contributed by atoms with E-state index in [2.05, 4.69) is 5.32 Å². The van der Waals surface area contributed by atoms with Gasteiger partial charge in [0.25, 0.3) is 5.91 Å². The van der Waals surface area contributed by atoms with E-state index < -0.39 is 0 Å². The van der Waals surface area contributed by atoms with E-state index in [-0.39, 0.29) is 11.9 Å². The number of rotatable bonds is 3. The van der Waals surface area contributed by atoms with Crippen molar-refractivity contribution in [2.45, 2.75) is 19.9 Å². The van der Waals surface area contributed by atoms with Crippen LogP contribution in [-0.4, -0.2) is 5.91 Å². The summed E-state index contributed by atoms with van der Waals surface area (Å²) in [5, 5.41) is 3.58. The first-order valence-electron chi connectivity index (χ1n) is 5.90. The lowest BCUT2D eigenvalue weighted by Gasteiger charge is -2.14. The van der Waals surface area contributed by atoms with Crippen molar-refractivity contribution >= 4 is 34.5 Å². The number of carbonyl (C=O) groups excluding carboxylic acids is 1. The number of benzene rings is 1. The summed E-state index contributed by atoms with van der Waals surface area (Å²) in [5.41, 5.74) is 7.31. The molecule has 0 saturated heterocycles. The number of thiophene rings is 1. The highest BCUT2D eigenvalue weighted by molar-refractivity contribution is 7.14. The highest BCUT2D eigenvalue weighted by Gasteiger charge is 2.15. The fourth-order valence-electron chi connectivity index (χ4n) is 1.78. The maximum absolute atomic E-state index is 12.1. The Labute approximate surface area is 121 Å². The Morgan fingerprint density at radius 1 is 1.42 bits per heavy atom. The maximum Gasteiger partial charge on any atom is 0.261 e. The van der Waals surface area contributed by atoms with Gasteiger partial charge < -0.3 is 11.1 Å².